The molecular weight excluding hydrogens is 328 g/mol. The van der Waals surface area contributed by atoms with Gasteiger partial charge < -0.3 is 9.80 Å². The van der Waals surface area contributed by atoms with E-state index in [1.165, 1.54) is 11.3 Å². The molecule has 132 valence electrons. The summed E-state index contributed by atoms with van der Waals surface area (Å²) < 4.78 is 0. The predicted molar refractivity (Wildman–Crippen MR) is 107 cm³/mol. The molecule has 2 aromatic carbocycles. The van der Waals surface area contributed by atoms with Gasteiger partial charge in [0.05, 0.1) is 5.56 Å². The summed E-state index contributed by atoms with van der Waals surface area (Å²) in [4.78, 5) is 18.4. The third-order valence-corrected chi connectivity index (χ3v) is 5.50. The molecular formula is C21H26N2OS. The number of rotatable bonds is 4. The Morgan fingerprint density at radius 2 is 1.72 bits per heavy atom. The molecule has 1 fully saturated rings. The highest BCUT2D eigenvalue weighted by Gasteiger charge is 2.24. The normalized spacial score (nSPS) is 14.9. The smallest absolute Gasteiger partial charge is 0.255 e. The maximum Gasteiger partial charge on any atom is 0.255 e. The lowest BCUT2D eigenvalue weighted by molar-refractivity contribution is 0.0743. The second-order valence-corrected chi connectivity index (χ2v) is 8.40. The van der Waals surface area contributed by atoms with Crippen molar-refractivity contribution in [3.8, 4) is 0 Å². The molecule has 1 amide bonds. The van der Waals surface area contributed by atoms with Crippen LogP contribution in [0.2, 0.25) is 0 Å². The number of carbonyl (C=O) groups is 1. The van der Waals surface area contributed by atoms with Gasteiger partial charge in [-0.25, -0.2) is 0 Å². The lowest BCUT2D eigenvalue weighted by atomic mass is 10.1. The fraction of sp³-hybridized carbons (Fsp3) is 0.381. The number of aryl methyl sites for hydroxylation is 1. The van der Waals surface area contributed by atoms with E-state index in [2.05, 4.69) is 56.0 Å². The Bertz CT molecular complexity index is 736. The highest BCUT2D eigenvalue weighted by Crippen LogP contribution is 2.28. The highest BCUT2D eigenvalue weighted by atomic mass is 32.2. The first-order valence-electron chi connectivity index (χ1n) is 8.91. The standard InChI is InChI=1S/C21H26N2OS/c1-16(2)25-20-10-5-4-9-19(20)21(24)23-13-11-22(12-14-23)18-8-6-7-17(3)15-18/h4-10,15-16H,11-14H2,1-3H3. The number of piperazine rings is 1. The molecule has 0 radical (unpaired) electrons. The Morgan fingerprint density at radius 3 is 2.40 bits per heavy atom. The van der Waals surface area contributed by atoms with Crippen LogP contribution in [-0.4, -0.2) is 42.2 Å². The number of nitrogens with zero attached hydrogens (tertiary/aromatic N) is 2. The van der Waals surface area contributed by atoms with Gasteiger partial charge in [-0.15, -0.1) is 11.8 Å². The van der Waals surface area contributed by atoms with Gasteiger partial charge >= 0.3 is 0 Å². The zero-order valence-corrected chi connectivity index (χ0v) is 16.1. The number of amides is 1. The molecule has 0 unspecified atom stereocenters. The molecule has 3 rings (SSSR count). The largest absolute Gasteiger partial charge is 0.368 e. The lowest BCUT2D eigenvalue weighted by Crippen LogP contribution is -2.48. The topological polar surface area (TPSA) is 23.6 Å². The quantitative estimate of drug-likeness (QED) is 0.758. The van der Waals surface area contributed by atoms with Crippen molar-refractivity contribution in [1.82, 2.24) is 4.90 Å². The Balaban J connectivity index is 1.68. The number of hydrogen-bond donors (Lipinski definition) is 0. The summed E-state index contributed by atoms with van der Waals surface area (Å²) >= 11 is 1.76. The van der Waals surface area contributed by atoms with Crippen LogP contribution in [-0.2, 0) is 0 Å². The molecule has 0 bridgehead atoms. The minimum Gasteiger partial charge on any atom is -0.368 e. The van der Waals surface area contributed by atoms with E-state index < -0.39 is 0 Å². The van der Waals surface area contributed by atoms with Crippen LogP contribution in [0.5, 0.6) is 0 Å². The first-order valence-corrected chi connectivity index (χ1v) is 9.79. The summed E-state index contributed by atoms with van der Waals surface area (Å²) in [7, 11) is 0. The summed E-state index contributed by atoms with van der Waals surface area (Å²) in [5.41, 5.74) is 3.36. The van der Waals surface area contributed by atoms with Crippen molar-refractivity contribution >= 4 is 23.4 Å². The fourth-order valence-corrected chi connectivity index (χ4v) is 4.11. The molecule has 0 aliphatic carbocycles. The van der Waals surface area contributed by atoms with Gasteiger partial charge in [-0.05, 0) is 36.8 Å². The van der Waals surface area contributed by atoms with Crippen molar-refractivity contribution in [3.05, 3.63) is 59.7 Å². The van der Waals surface area contributed by atoms with Gasteiger partial charge in [-0.1, -0.05) is 38.1 Å². The Hall–Kier alpha value is -1.94. The van der Waals surface area contributed by atoms with Crippen LogP contribution in [0.4, 0.5) is 5.69 Å². The van der Waals surface area contributed by atoms with Crippen LogP contribution in [0.3, 0.4) is 0 Å². The van der Waals surface area contributed by atoms with Crippen molar-refractivity contribution in [2.24, 2.45) is 0 Å². The molecule has 25 heavy (non-hydrogen) atoms. The van der Waals surface area contributed by atoms with E-state index in [0.717, 1.165) is 36.6 Å². The second kappa shape index (κ2) is 7.96. The van der Waals surface area contributed by atoms with Gasteiger partial charge in [0.15, 0.2) is 0 Å². The summed E-state index contributed by atoms with van der Waals surface area (Å²) in [5, 5.41) is 0.465. The molecule has 1 aliphatic rings. The molecule has 0 spiro atoms. The van der Waals surface area contributed by atoms with Crippen LogP contribution in [0.1, 0.15) is 29.8 Å². The van der Waals surface area contributed by atoms with E-state index >= 15 is 0 Å². The second-order valence-electron chi connectivity index (χ2n) is 6.78. The van der Waals surface area contributed by atoms with Crippen molar-refractivity contribution in [2.45, 2.75) is 30.9 Å². The Kier molecular flexibility index (Phi) is 5.69. The molecule has 0 aromatic heterocycles. The average Bonchev–Trinajstić information content (AvgIpc) is 2.61. The van der Waals surface area contributed by atoms with E-state index in [4.69, 9.17) is 0 Å². The van der Waals surface area contributed by atoms with Crippen LogP contribution < -0.4 is 4.90 Å². The monoisotopic (exact) mass is 354 g/mol. The van der Waals surface area contributed by atoms with Gasteiger partial charge in [-0.2, -0.15) is 0 Å². The Labute approximate surface area is 155 Å². The molecule has 0 N–H and O–H groups in total. The van der Waals surface area contributed by atoms with Crippen LogP contribution in [0.15, 0.2) is 53.4 Å². The first-order chi connectivity index (χ1) is 12.0. The van der Waals surface area contributed by atoms with Crippen LogP contribution in [0.25, 0.3) is 0 Å². The lowest BCUT2D eigenvalue weighted by Gasteiger charge is -2.36. The molecule has 0 atom stereocenters. The SMILES string of the molecule is Cc1cccc(N2CCN(C(=O)c3ccccc3SC(C)C)CC2)c1. The molecule has 0 saturated carbocycles. The van der Waals surface area contributed by atoms with E-state index in [-0.39, 0.29) is 5.91 Å². The molecule has 1 aliphatic heterocycles. The number of thioether (sulfide) groups is 1. The fourth-order valence-electron chi connectivity index (χ4n) is 3.16. The molecule has 4 heteroatoms. The van der Waals surface area contributed by atoms with Crippen molar-refractivity contribution in [1.29, 1.82) is 0 Å². The summed E-state index contributed by atoms with van der Waals surface area (Å²) in [6.07, 6.45) is 0. The maximum atomic E-state index is 13.0. The minimum atomic E-state index is 0.160. The molecule has 1 saturated heterocycles. The highest BCUT2D eigenvalue weighted by molar-refractivity contribution is 8.00. The summed E-state index contributed by atoms with van der Waals surface area (Å²) in [5.74, 6) is 0.160. The maximum absolute atomic E-state index is 13.0. The zero-order valence-electron chi connectivity index (χ0n) is 15.2. The van der Waals surface area contributed by atoms with Crippen LogP contribution >= 0.6 is 11.8 Å². The van der Waals surface area contributed by atoms with E-state index in [0.29, 0.717) is 5.25 Å². The van der Waals surface area contributed by atoms with Crippen molar-refractivity contribution in [2.75, 3.05) is 31.1 Å². The van der Waals surface area contributed by atoms with E-state index in [9.17, 15) is 4.79 Å². The third-order valence-electron chi connectivity index (χ3n) is 4.41. The summed E-state index contributed by atoms with van der Waals surface area (Å²) in [6, 6.07) is 16.6. The summed E-state index contributed by atoms with van der Waals surface area (Å²) in [6.45, 7) is 9.75. The van der Waals surface area contributed by atoms with Gasteiger partial charge in [0, 0.05) is 42.0 Å². The van der Waals surface area contributed by atoms with Crippen molar-refractivity contribution in [3.63, 3.8) is 0 Å². The number of carbonyl (C=O) groups excluding carboxylic acids is 1. The van der Waals surface area contributed by atoms with Gasteiger partial charge in [0.2, 0.25) is 0 Å². The van der Waals surface area contributed by atoms with Crippen LogP contribution in [0, 0.1) is 6.92 Å². The zero-order chi connectivity index (χ0) is 17.8. The molecule has 3 nitrogen and oxygen atoms in total. The van der Waals surface area contributed by atoms with Gasteiger partial charge in [0.1, 0.15) is 0 Å². The molecule has 2 aromatic rings. The minimum absolute atomic E-state index is 0.160. The first kappa shape index (κ1) is 17.9. The third kappa shape index (κ3) is 4.37. The molecule has 1 heterocycles. The van der Waals surface area contributed by atoms with Crippen molar-refractivity contribution < 1.29 is 4.79 Å². The van der Waals surface area contributed by atoms with E-state index in [1.807, 2.05) is 23.1 Å². The van der Waals surface area contributed by atoms with Gasteiger partial charge in [0.25, 0.3) is 5.91 Å². The predicted octanol–water partition coefficient (Wildman–Crippen LogP) is 4.46. The average molecular weight is 355 g/mol. The number of hydrogen-bond acceptors (Lipinski definition) is 3. The number of benzene rings is 2. The van der Waals surface area contributed by atoms with E-state index in [1.54, 1.807) is 11.8 Å². The Morgan fingerprint density at radius 1 is 1.00 bits per heavy atom. The number of anilines is 1. The van der Waals surface area contributed by atoms with Gasteiger partial charge in [-0.3, -0.25) is 4.79 Å².